The SMILES string of the molecule is CCCNc1ncc(C)c(NCC2CCCCC2O)n1. The van der Waals surface area contributed by atoms with Crippen molar-refractivity contribution >= 4 is 11.8 Å². The molecule has 1 fully saturated rings. The van der Waals surface area contributed by atoms with Gasteiger partial charge in [-0.3, -0.25) is 0 Å². The number of aryl methyl sites for hydroxylation is 1. The molecule has 20 heavy (non-hydrogen) atoms. The van der Waals surface area contributed by atoms with Gasteiger partial charge >= 0.3 is 0 Å². The number of nitrogens with one attached hydrogen (secondary N) is 2. The highest BCUT2D eigenvalue weighted by Crippen LogP contribution is 2.25. The average molecular weight is 278 g/mol. The molecule has 5 nitrogen and oxygen atoms in total. The molecule has 1 aromatic heterocycles. The van der Waals surface area contributed by atoms with Gasteiger partial charge < -0.3 is 15.7 Å². The second kappa shape index (κ2) is 7.43. The molecule has 0 spiro atoms. The van der Waals surface area contributed by atoms with E-state index in [-0.39, 0.29) is 6.10 Å². The smallest absolute Gasteiger partial charge is 0.224 e. The van der Waals surface area contributed by atoms with Crippen molar-refractivity contribution in [1.29, 1.82) is 0 Å². The Labute approximate surface area is 121 Å². The molecule has 2 unspecified atom stereocenters. The lowest BCUT2D eigenvalue weighted by atomic mass is 9.86. The zero-order valence-electron chi connectivity index (χ0n) is 12.5. The summed E-state index contributed by atoms with van der Waals surface area (Å²) in [5.41, 5.74) is 1.04. The van der Waals surface area contributed by atoms with Crippen molar-refractivity contribution < 1.29 is 5.11 Å². The van der Waals surface area contributed by atoms with Crippen LogP contribution in [0.25, 0.3) is 0 Å². The Bertz CT molecular complexity index is 424. The topological polar surface area (TPSA) is 70.1 Å². The highest BCUT2D eigenvalue weighted by Gasteiger charge is 2.22. The summed E-state index contributed by atoms with van der Waals surface area (Å²) in [4.78, 5) is 8.78. The second-order valence-electron chi connectivity index (χ2n) is 5.64. The third-order valence-electron chi connectivity index (χ3n) is 3.91. The highest BCUT2D eigenvalue weighted by atomic mass is 16.3. The number of aliphatic hydroxyl groups is 1. The van der Waals surface area contributed by atoms with E-state index in [0.717, 1.165) is 50.2 Å². The number of aliphatic hydroxyl groups excluding tert-OH is 1. The van der Waals surface area contributed by atoms with E-state index in [9.17, 15) is 5.11 Å². The molecule has 1 heterocycles. The standard InChI is InChI=1S/C15H26N4O/c1-3-8-16-15-18-9-11(2)14(19-15)17-10-12-6-4-5-7-13(12)20/h9,12-13,20H,3-8,10H2,1-2H3,(H2,16,17,18,19). The summed E-state index contributed by atoms with van der Waals surface area (Å²) >= 11 is 0. The van der Waals surface area contributed by atoms with Gasteiger partial charge in [0.05, 0.1) is 6.10 Å². The van der Waals surface area contributed by atoms with Gasteiger partial charge in [-0.05, 0) is 26.2 Å². The summed E-state index contributed by atoms with van der Waals surface area (Å²) in [7, 11) is 0. The van der Waals surface area contributed by atoms with Crippen molar-refractivity contribution in [2.24, 2.45) is 5.92 Å². The number of anilines is 2. The van der Waals surface area contributed by atoms with Gasteiger partial charge in [0.15, 0.2) is 0 Å². The van der Waals surface area contributed by atoms with E-state index >= 15 is 0 Å². The van der Waals surface area contributed by atoms with Gasteiger partial charge in [-0.1, -0.05) is 19.8 Å². The first kappa shape index (κ1) is 15.0. The predicted octanol–water partition coefficient (Wildman–Crippen LogP) is 2.57. The molecule has 1 aliphatic carbocycles. The first-order valence-corrected chi connectivity index (χ1v) is 7.70. The molecule has 0 saturated heterocycles. The molecule has 112 valence electrons. The summed E-state index contributed by atoms with van der Waals surface area (Å²) < 4.78 is 0. The van der Waals surface area contributed by atoms with E-state index in [1.807, 2.05) is 13.1 Å². The summed E-state index contributed by atoms with van der Waals surface area (Å²) in [6.07, 6.45) is 7.11. The van der Waals surface area contributed by atoms with Crippen LogP contribution in [0.4, 0.5) is 11.8 Å². The maximum atomic E-state index is 10.0. The second-order valence-corrected chi connectivity index (χ2v) is 5.64. The zero-order valence-corrected chi connectivity index (χ0v) is 12.5. The predicted molar refractivity (Wildman–Crippen MR) is 82.0 cm³/mol. The highest BCUT2D eigenvalue weighted by molar-refractivity contribution is 5.46. The number of aromatic nitrogens is 2. The molecule has 0 bridgehead atoms. The fraction of sp³-hybridized carbons (Fsp3) is 0.733. The van der Waals surface area contributed by atoms with E-state index in [0.29, 0.717) is 11.9 Å². The minimum atomic E-state index is -0.170. The first-order valence-electron chi connectivity index (χ1n) is 7.70. The van der Waals surface area contributed by atoms with Crippen molar-refractivity contribution in [3.8, 4) is 0 Å². The van der Waals surface area contributed by atoms with Gasteiger partial charge in [-0.15, -0.1) is 0 Å². The zero-order chi connectivity index (χ0) is 14.4. The van der Waals surface area contributed by atoms with Crippen LogP contribution in [0.1, 0.15) is 44.6 Å². The molecular formula is C15H26N4O. The fourth-order valence-corrected chi connectivity index (χ4v) is 2.60. The van der Waals surface area contributed by atoms with Crippen LogP contribution in [-0.2, 0) is 0 Å². The largest absolute Gasteiger partial charge is 0.393 e. The number of nitrogens with zero attached hydrogens (tertiary/aromatic N) is 2. The van der Waals surface area contributed by atoms with E-state index in [2.05, 4.69) is 27.5 Å². The van der Waals surface area contributed by atoms with Crippen LogP contribution in [0.3, 0.4) is 0 Å². The lowest BCUT2D eigenvalue weighted by molar-refractivity contribution is 0.0763. The van der Waals surface area contributed by atoms with E-state index in [1.54, 1.807) is 0 Å². The van der Waals surface area contributed by atoms with Crippen LogP contribution in [0.5, 0.6) is 0 Å². The molecule has 2 atom stereocenters. The third kappa shape index (κ3) is 4.07. The average Bonchev–Trinajstić information content (AvgIpc) is 2.46. The molecular weight excluding hydrogens is 252 g/mol. The van der Waals surface area contributed by atoms with E-state index in [4.69, 9.17) is 0 Å². The van der Waals surface area contributed by atoms with Crippen LogP contribution in [0.2, 0.25) is 0 Å². The molecule has 0 amide bonds. The van der Waals surface area contributed by atoms with E-state index in [1.165, 1.54) is 6.42 Å². The molecule has 1 aliphatic rings. The Kier molecular flexibility index (Phi) is 5.59. The van der Waals surface area contributed by atoms with Crippen molar-refractivity contribution in [2.45, 2.75) is 52.1 Å². The molecule has 5 heteroatoms. The summed E-state index contributed by atoms with van der Waals surface area (Å²) in [6, 6.07) is 0. The van der Waals surface area contributed by atoms with Gasteiger partial charge in [-0.25, -0.2) is 4.98 Å². The molecule has 0 aromatic carbocycles. The van der Waals surface area contributed by atoms with Crippen molar-refractivity contribution in [2.75, 3.05) is 23.7 Å². The Balaban J connectivity index is 1.93. The minimum absolute atomic E-state index is 0.170. The van der Waals surface area contributed by atoms with Crippen LogP contribution in [0.15, 0.2) is 6.20 Å². The Morgan fingerprint density at radius 3 is 2.85 bits per heavy atom. The van der Waals surface area contributed by atoms with Gasteiger partial charge in [0, 0.05) is 30.8 Å². The van der Waals surface area contributed by atoms with Gasteiger partial charge in [0.1, 0.15) is 5.82 Å². The number of rotatable bonds is 6. The lowest BCUT2D eigenvalue weighted by Crippen LogP contribution is -2.30. The summed E-state index contributed by atoms with van der Waals surface area (Å²) in [6.45, 7) is 5.78. The van der Waals surface area contributed by atoms with Crippen LogP contribution in [-0.4, -0.2) is 34.3 Å². The van der Waals surface area contributed by atoms with Crippen molar-refractivity contribution in [1.82, 2.24) is 9.97 Å². The van der Waals surface area contributed by atoms with E-state index < -0.39 is 0 Å². The van der Waals surface area contributed by atoms with Crippen LogP contribution < -0.4 is 10.6 Å². The maximum absolute atomic E-state index is 10.0. The first-order chi connectivity index (χ1) is 9.70. The quantitative estimate of drug-likeness (QED) is 0.746. The van der Waals surface area contributed by atoms with Crippen molar-refractivity contribution in [3.05, 3.63) is 11.8 Å². The Morgan fingerprint density at radius 2 is 2.10 bits per heavy atom. The molecule has 1 saturated carbocycles. The maximum Gasteiger partial charge on any atom is 0.224 e. The lowest BCUT2D eigenvalue weighted by Gasteiger charge is -2.28. The molecule has 0 aliphatic heterocycles. The minimum Gasteiger partial charge on any atom is -0.393 e. The van der Waals surface area contributed by atoms with Gasteiger partial charge in [0.25, 0.3) is 0 Å². The molecule has 2 rings (SSSR count). The van der Waals surface area contributed by atoms with Gasteiger partial charge in [0.2, 0.25) is 5.95 Å². The summed E-state index contributed by atoms with van der Waals surface area (Å²) in [5, 5.41) is 16.6. The Hall–Kier alpha value is -1.36. The van der Waals surface area contributed by atoms with Crippen molar-refractivity contribution in [3.63, 3.8) is 0 Å². The van der Waals surface area contributed by atoms with Gasteiger partial charge in [-0.2, -0.15) is 4.98 Å². The fourth-order valence-electron chi connectivity index (χ4n) is 2.60. The third-order valence-corrected chi connectivity index (χ3v) is 3.91. The number of hydrogen-bond acceptors (Lipinski definition) is 5. The molecule has 1 aromatic rings. The Morgan fingerprint density at radius 1 is 1.30 bits per heavy atom. The molecule has 0 radical (unpaired) electrons. The normalized spacial score (nSPS) is 22.6. The molecule has 3 N–H and O–H groups in total. The summed E-state index contributed by atoms with van der Waals surface area (Å²) in [5.74, 6) is 1.88. The monoisotopic (exact) mass is 278 g/mol. The van der Waals surface area contributed by atoms with Crippen LogP contribution in [0, 0.1) is 12.8 Å². The van der Waals surface area contributed by atoms with Crippen LogP contribution >= 0.6 is 0 Å². The number of hydrogen-bond donors (Lipinski definition) is 3.